The summed E-state index contributed by atoms with van der Waals surface area (Å²) in [6.07, 6.45) is 7.29. The lowest BCUT2D eigenvalue weighted by atomic mass is 9.90. The number of rotatable bonds is 7. The molecular weight excluding hydrogens is 336 g/mol. The molecule has 1 saturated heterocycles. The van der Waals surface area contributed by atoms with Crippen LogP contribution in [0.2, 0.25) is 0 Å². The number of benzene rings is 2. The lowest BCUT2D eigenvalue weighted by Gasteiger charge is -2.32. The number of H-pyrrole nitrogens is 1. The number of unbranched alkanes of at least 4 members (excludes halogenated alkanes) is 1. The summed E-state index contributed by atoms with van der Waals surface area (Å²) >= 11 is 0. The number of likely N-dealkylation sites (tertiary alicyclic amines) is 1. The second kappa shape index (κ2) is 8.57. The van der Waals surface area contributed by atoms with E-state index in [9.17, 15) is 4.79 Å². The first-order chi connectivity index (χ1) is 13.3. The van der Waals surface area contributed by atoms with Crippen LogP contribution in [0.3, 0.4) is 0 Å². The zero-order valence-corrected chi connectivity index (χ0v) is 15.8. The van der Waals surface area contributed by atoms with Gasteiger partial charge < -0.3 is 9.32 Å². The highest BCUT2D eigenvalue weighted by Crippen LogP contribution is 2.22. The number of aromatic amines is 1. The van der Waals surface area contributed by atoms with Crippen molar-refractivity contribution in [2.75, 3.05) is 19.6 Å². The summed E-state index contributed by atoms with van der Waals surface area (Å²) in [5.74, 6) is 0.462. The van der Waals surface area contributed by atoms with E-state index in [4.69, 9.17) is 4.42 Å². The monoisotopic (exact) mass is 364 g/mol. The van der Waals surface area contributed by atoms with Crippen molar-refractivity contribution < 1.29 is 4.42 Å². The minimum atomic E-state index is -0.377. The van der Waals surface area contributed by atoms with Gasteiger partial charge in [0.2, 0.25) is 0 Å². The molecule has 0 amide bonds. The number of fused-ring (bicyclic) bond motifs is 1. The van der Waals surface area contributed by atoms with E-state index in [1.807, 2.05) is 12.1 Å². The van der Waals surface area contributed by atoms with Gasteiger partial charge in [0.1, 0.15) is 0 Å². The molecule has 0 radical (unpaired) electrons. The second-order valence-corrected chi connectivity index (χ2v) is 7.78. The highest BCUT2D eigenvalue weighted by Gasteiger charge is 2.18. The lowest BCUT2D eigenvalue weighted by molar-refractivity contribution is 0.181. The molecule has 1 N–H and O–H groups in total. The Balaban J connectivity index is 1.16. The van der Waals surface area contributed by atoms with Crippen molar-refractivity contribution >= 4 is 11.1 Å². The van der Waals surface area contributed by atoms with Crippen LogP contribution < -0.4 is 5.76 Å². The van der Waals surface area contributed by atoms with E-state index in [0.29, 0.717) is 5.58 Å². The number of aryl methyl sites for hydroxylation is 1. The number of oxazole rings is 1. The lowest BCUT2D eigenvalue weighted by Crippen LogP contribution is -2.35. The summed E-state index contributed by atoms with van der Waals surface area (Å²) < 4.78 is 5.14. The summed E-state index contributed by atoms with van der Waals surface area (Å²) in [5, 5.41) is 0. The highest BCUT2D eigenvalue weighted by atomic mass is 16.4. The van der Waals surface area contributed by atoms with Crippen LogP contribution in [0.1, 0.15) is 36.8 Å². The first-order valence-corrected chi connectivity index (χ1v) is 10.1. The third kappa shape index (κ3) is 4.89. The van der Waals surface area contributed by atoms with Crippen LogP contribution in [0, 0.1) is 5.92 Å². The molecule has 0 aliphatic carbocycles. The SMILES string of the molecule is O=c1[nH]c2ccc(CCCCN3CCC(Cc4ccccc4)CC3)cc2o1. The predicted octanol–water partition coefficient (Wildman–Crippen LogP) is 4.40. The van der Waals surface area contributed by atoms with Crippen LogP contribution in [0.4, 0.5) is 0 Å². The molecule has 4 rings (SSSR count). The summed E-state index contributed by atoms with van der Waals surface area (Å²) in [4.78, 5) is 16.5. The zero-order chi connectivity index (χ0) is 18.5. The number of aromatic nitrogens is 1. The van der Waals surface area contributed by atoms with Crippen LogP contribution in [-0.4, -0.2) is 29.5 Å². The van der Waals surface area contributed by atoms with E-state index < -0.39 is 0 Å². The standard InChI is InChI=1S/C23H28N2O2/c26-23-24-21-10-9-19(17-22(21)27-23)8-4-5-13-25-14-11-20(12-15-25)16-18-6-2-1-3-7-18/h1-3,6-7,9-10,17,20H,4-5,8,11-16H2,(H,24,26). The van der Waals surface area contributed by atoms with Crippen LogP contribution in [0.5, 0.6) is 0 Å². The third-order valence-corrected chi connectivity index (χ3v) is 5.75. The molecule has 3 aromatic rings. The minimum Gasteiger partial charge on any atom is -0.408 e. The Hall–Kier alpha value is -2.33. The molecule has 27 heavy (non-hydrogen) atoms. The normalized spacial score (nSPS) is 16.1. The average Bonchev–Trinajstić information content (AvgIpc) is 3.06. The first kappa shape index (κ1) is 18.1. The van der Waals surface area contributed by atoms with Crippen molar-refractivity contribution in [3.8, 4) is 0 Å². The van der Waals surface area contributed by atoms with Gasteiger partial charge in [0, 0.05) is 0 Å². The van der Waals surface area contributed by atoms with Gasteiger partial charge in [-0.3, -0.25) is 4.98 Å². The highest BCUT2D eigenvalue weighted by molar-refractivity contribution is 5.72. The van der Waals surface area contributed by atoms with Crippen molar-refractivity contribution in [1.29, 1.82) is 0 Å². The fourth-order valence-corrected chi connectivity index (χ4v) is 4.17. The molecule has 1 aliphatic heterocycles. The van der Waals surface area contributed by atoms with Crippen LogP contribution in [-0.2, 0) is 12.8 Å². The minimum absolute atomic E-state index is 0.377. The smallest absolute Gasteiger partial charge is 0.408 e. The Bertz CT molecular complexity index is 905. The van der Waals surface area contributed by atoms with Gasteiger partial charge >= 0.3 is 5.76 Å². The van der Waals surface area contributed by atoms with Crippen LogP contribution in [0.15, 0.2) is 57.7 Å². The van der Waals surface area contributed by atoms with E-state index in [-0.39, 0.29) is 5.76 Å². The topological polar surface area (TPSA) is 49.2 Å². The molecule has 2 heterocycles. The molecule has 1 aliphatic rings. The van der Waals surface area contributed by atoms with E-state index in [0.717, 1.165) is 17.9 Å². The fraction of sp³-hybridized carbons (Fsp3) is 0.435. The van der Waals surface area contributed by atoms with Crippen molar-refractivity contribution in [3.63, 3.8) is 0 Å². The van der Waals surface area contributed by atoms with Crippen LogP contribution >= 0.6 is 0 Å². The Morgan fingerprint density at radius 1 is 1.00 bits per heavy atom. The number of hydrogen-bond acceptors (Lipinski definition) is 3. The molecule has 1 aromatic heterocycles. The average molecular weight is 364 g/mol. The summed E-state index contributed by atoms with van der Waals surface area (Å²) in [6.45, 7) is 3.66. The van der Waals surface area contributed by atoms with E-state index >= 15 is 0 Å². The van der Waals surface area contributed by atoms with Gasteiger partial charge in [0.15, 0.2) is 5.58 Å². The Labute approximate surface area is 160 Å². The van der Waals surface area contributed by atoms with E-state index in [2.05, 4.69) is 46.3 Å². The Morgan fingerprint density at radius 3 is 2.63 bits per heavy atom. The van der Waals surface area contributed by atoms with Gasteiger partial charge in [-0.1, -0.05) is 36.4 Å². The van der Waals surface area contributed by atoms with Gasteiger partial charge in [-0.05, 0) is 87.3 Å². The van der Waals surface area contributed by atoms with E-state index in [1.54, 1.807) is 0 Å². The number of piperidine rings is 1. The van der Waals surface area contributed by atoms with Crippen molar-refractivity contribution in [2.24, 2.45) is 5.92 Å². The van der Waals surface area contributed by atoms with Gasteiger partial charge in [-0.2, -0.15) is 0 Å². The van der Waals surface area contributed by atoms with Crippen LogP contribution in [0.25, 0.3) is 11.1 Å². The van der Waals surface area contributed by atoms with Gasteiger partial charge in [-0.15, -0.1) is 0 Å². The number of nitrogens with one attached hydrogen (secondary N) is 1. The molecule has 0 atom stereocenters. The van der Waals surface area contributed by atoms with Crippen molar-refractivity contribution in [1.82, 2.24) is 9.88 Å². The Morgan fingerprint density at radius 2 is 1.81 bits per heavy atom. The quantitative estimate of drug-likeness (QED) is 0.632. The molecule has 4 heteroatoms. The molecular formula is C23H28N2O2. The summed E-state index contributed by atoms with van der Waals surface area (Å²) in [5.41, 5.74) is 4.16. The second-order valence-electron chi connectivity index (χ2n) is 7.78. The van der Waals surface area contributed by atoms with Gasteiger partial charge in [0.05, 0.1) is 5.52 Å². The Kier molecular flexibility index (Phi) is 5.73. The molecule has 0 bridgehead atoms. The third-order valence-electron chi connectivity index (χ3n) is 5.75. The zero-order valence-electron chi connectivity index (χ0n) is 15.8. The maximum absolute atomic E-state index is 11.2. The van der Waals surface area contributed by atoms with Gasteiger partial charge in [0.25, 0.3) is 0 Å². The number of hydrogen-bond donors (Lipinski definition) is 1. The largest absolute Gasteiger partial charge is 0.417 e. The predicted molar refractivity (Wildman–Crippen MR) is 109 cm³/mol. The molecule has 0 saturated carbocycles. The van der Waals surface area contributed by atoms with Crippen molar-refractivity contribution in [3.05, 3.63) is 70.2 Å². The maximum Gasteiger partial charge on any atom is 0.417 e. The van der Waals surface area contributed by atoms with Gasteiger partial charge in [-0.25, -0.2) is 4.79 Å². The van der Waals surface area contributed by atoms with E-state index in [1.165, 1.54) is 62.9 Å². The van der Waals surface area contributed by atoms with Crippen molar-refractivity contribution in [2.45, 2.75) is 38.5 Å². The fourth-order valence-electron chi connectivity index (χ4n) is 4.17. The molecule has 4 nitrogen and oxygen atoms in total. The maximum atomic E-state index is 11.2. The summed E-state index contributed by atoms with van der Waals surface area (Å²) in [7, 11) is 0. The summed E-state index contributed by atoms with van der Waals surface area (Å²) in [6, 6.07) is 16.9. The first-order valence-electron chi connectivity index (χ1n) is 10.1. The molecule has 0 unspecified atom stereocenters. The number of nitrogens with zero attached hydrogens (tertiary/aromatic N) is 1. The molecule has 0 spiro atoms. The molecule has 2 aromatic carbocycles. The molecule has 1 fully saturated rings. The molecule has 142 valence electrons.